The topological polar surface area (TPSA) is 26.3 Å². The molecule has 0 saturated heterocycles. The first-order valence-electron chi connectivity index (χ1n) is 4.62. The Labute approximate surface area is 72.6 Å². The molecule has 0 spiro atoms. The molecule has 2 bridgehead atoms. The Morgan fingerprint density at radius 3 is 2.92 bits per heavy atom. The minimum absolute atomic E-state index is 0.203. The molecule has 0 aromatic carbocycles. The molecule has 2 aliphatic rings. The number of allylic oxidation sites excluding steroid dienone is 1. The molecule has 2 fully saturated rings. The lowest BCUT2D eigenvalue weighted by Gasteiger charge is -2.11. The quantitative estimate of drug-likeness (QED) is 0.441. The van der Waals surface area contributed by atoms with Crippen LogP contribution >= 0.6 is 0 Å². The number of carbonyl (C=O) groups is 1. The average Bonchev–Trinajstić information content (AvgIpc) is 2.60. The highest BCUT2D eigenvalue weighted by molar-refractivity contribution is 5.66. The van der Waals surface area contributed by atoms with Gasteiger partial charge >= 0.3 is 5.97 Å². The lowest BCUT2D eigenvalue weighted by atomic mass is 9.96. The van der Waals surface area contributed by atoms with Crippen molar-refractivity contribution >= 4 is 5.97 Å². The summed E-state index contributed by atoms with van der Waals surface area (Å²) in [7, 11) is 0. The summed E-state index contributed by atoms with van der Waals surface area (Å²) >= 11 is 0. The molecule has 0 heterocycles. The zero-order valence-corrected chi connectivity index (χ0v) is 7.38. The maximum absolute atomic E-state index is 10.5. The largest absolute Gasteiger partial charge is 0.435 e. The molecule has 12 heavy (non-hydrogen) atoms. The van der Waals surface area contributed by atoms with E-state index in [1.807, 2.05) is 0 Å². The van der Waals surface area contributed by atoms with Crippen LogP contribution in [0.15, 0.2) is 11.8 Å². The fourth-order valence-corrected chi connectivity index (χ4v) is 2.40. The molecular weight excluding hydrogens is 152 g/mol. The number of carbonyl (C=O) groups excluding carboxylic acids is 1. The van der Waals surface area contributed by atoms with Crippen molar-refractivity contribution < 1.29 is 9.53 Å². The molecule has 2 atom stereocenters. The molecule has 2 nitrogen and oxygen atoms in total. The number of fused-ring (bicyclic) bond motifs is 2. The summed E-state index contributed by atoms with van der Waals surface area (Å²) in [4.78, 5) is 10.5. The summed E-state index contributed by atoms with van der Waals surface area (Å²) in [6, 6.07) is 0. The second kappa shape index (κ2) is 2.92. The third-order valence-electron chi connectivity index (χ3n) is 2.97. The van der Waals surface area contributed by atoms with E-state index in [1.54, 1.807) is 6.26 Å². The number of hydrogen-bond donors (Lipinski definition) is 0. The predicted molar refractivity (Wildman–Crippen MR) is 45.3 cm³/mol. The van der Waals surface area contributed by atoms with Gasteiger partial charge in [0, 0.05) is 6.92 Å². The number of rotatable bonds is 1. The van der Waals surface area contributed by atoms with E-state index in [4.69, 9.17) is 4.74 Å². The molecule has 0 amide bonds. The Morgan fingerprint density at radius 1 is 1.58 bits per heavy atom. The third kappa shape index (κ3) is 1.38. The van der Waals surface area contributed by atoms with Gasteiger partial charge in [-0.05, 0) is 43.1 Å². The van der Waals surface area contributed by atoms with E-state index in [-0.39, 0.29) is 5.97 Å². The lowest BCUT2D eigenvalue weighted by molar-refractivity contribution is -0.135. The van der Waals surface area contributed by atoms with E-state index in [0.29, 0.717) is 0 Å². The first-order chi connectivity index (χ1) is 5.75. The van der Waals surface area contributed by atoms with Crippen LogP contribution in [0.5, 0.6) is 0 Å². The molecule has 2 rings (SSSR count). The summed E-state index contributed by atoms with van der Waals surface area (Å²) < 4.78 is 4.88. The molecule has 0 N–H and O–H groups in total. The number of esters is 1. The van der Waals surface area contributed by atoms with Gasteiger partial charge in [0.15, 0.2) is 0 Å². The van der Waals surface area contributed by atoms with E-state index in [9.17, 15) is 4.79 Å². The van der Waals surface area contributed by atoms with Crippen molar-refractivity contribution in [1.82, 2.24) is 0 Å². The molecule has 0 aliphatic heterocycles. The fourth-order valence-electron chi connectivity index (χ4n) is 2.40. The predicted octanol–water partition coefficient (Wildman–Crippen LogP) is 2.25. The van der Waals surface area contributed by atoms with E-state index >= 15 is 0 Å². The summed E-state index contributed by atoms with van der Waals surface area (Å²) in [5.41, 5.74) is 1.36. The number of hydrogen-bond acceptors (Lipinski definition) is 2. The molecule has 0 radical (unpaired) electrons. The third-order valence-corrected chi connectivity index (χ3v) is 2.97. The van der Waals surface area contributed by atoms with Crippen LogP contribution in [-0.2, 0) is 9.53 Å². The zero-order chi connectivity index (χ0) is 8.55. The second-order valence-electron chi connectivity index (χ2n) is 3.88. The second-order valence-corrected chi connectivity index (χ2v) is 3.88. The Balaban J connectivity index is 1.97. The van der Waals surface area contributed by atoms with Crippen molar-refractivity contribution in [2.75, 3.05) is 0 Å². The van der Waals surface area contributed by atoms with Crippen molar-refractivity contribution in [2.24, 2.45) is 11.8 Å². The average molecular weight is 166 g/mol. The molecule has 2 saturated carbocycles. The van der Waals surface area contributed by atoms with Crippen molar-refractivity contribution in [2.45, 2.75) is 32.6 Å². The summed E-state index contributed by atoms with van der Waals surface area (Å²) in [5, 5.41) is 0. The minimum Gasteiger partial charge on any atom is -0.435 e. The Hall–Kier alpha value is -0.790. The first-order valence-corrected chi connectivity index (χ1v) is 4.62. The number of ether oxygens (including phenoxy) is 1. The van der Waals surface area contributed by atoms with Crippen molar-refractivity contribution in [3.63, 3.8) is 0 Å². The van der Waals surface area contributed by atoms with E-state index in [1.165, 1.54) is 31.8 Å². The summed E-state index contributed by atoms with van der Waals surface area (Å²) in [6.07, 6.45) is 6.86. The maximum atomic E-state index is 10.5. The molecule has 66 valence electrons. The standard InChI is InChI=1S/C10H14O2/c1-7(11)12-6-10-5-8-2-3-9(10)4-8/h6,8-9H,2-5H2,1H3/b10-6+. The van der Waals surface area contributed by atoms with Crippen molar-refractivity contribution in [1.29, 1.82) is 0 Å². The monoisotopic (exact) mass is 166 g/mol. The van der Waals surface area contributed by atoms with Crippen LogP contribution in [0.1, 0.15) is 32.6 Å². The van der Waals surface area contributed by atoms with Crippen molar-refractivity contribution in [3.8, 4) is 0 Å². The smallest absolute Gasteiger partial charge is 0.307 e. The molecule has 0 aromatic rings. The molecule has 2 heteroatoms. The highest BCUT2D eigenvalue weighted by Crippen LogP contribution is 2.47. The van der Waals surface area contributed by atoms with Gasteiger partial charge in [-0.15, -0.1) is 0 Å². The summed E-state index contributed by atoms with van der Waals surface area (Å²) in [5.74, 6) is 1.41. The zero-order valence-electron chi connectivity index (χ0n) is 7.38. The fraction of sp³-hybridized carbons (Fsp3) is 0.700. The minimum atomic E-state index is -0.203. The first kappa shape index (κ1) is 7.84. The Kier molecular flexibility index (Phi) is 1.91. The van der Waals surface area contributed by atoms with Crippen LogP contribution in [0.2, 0.25) is 0 Å². The molecule has 2 unspecified atom stereocenters. The van der Waals surface area contributed by atoms with E-state index < -0.39 is 0 Å². The van der Waals surface area contributed by atoms with Crippen LogP contribution in [0, 0.1) is 11.8 Å². The van der Waals surface area contributed by atoms with Gasteiger partial charge in [0.2, 0.25) is 0 Å². The SMILES string of the molecule is CC(=O)O/C=C1\CC2CCC1C2. The molecule has 2 aliphatic carbocycles. The van der Waals surface area contributed by atoms with Crippen LogP contribution < -0.4 is 0 Å². The van der Waals surface area contributed by atoms with Gasteiger partial charge in [-0.3, -0.25) is 4.79 Å². The molecular formula is C10H14O2. The highest BCUT2D eigenvalue weighted by Gasteiger charge is 2.35. The van der Waals surface area contributed by atoms with Gasteiger partial charge < -0.3 is 4.74 Å². The van der Waals surface area contributed by atoms with Crippen LogP contribution in [0.25, 0.3) is 0 Å². The van der Waals surface area contributed by atoms with E-state index in [0.717, 1.165) is 18.3 Å². The Bertz CT molecular complexity index is 230. The lowest BCUT2D eigenvalue weighted by Crippen LogP contribution is -2.00. The highest BCUT2D eigenvalue weighted by atomic mass is 16.5. The van der Waals surface area contributed by atoms with Gasteiger partial charge in [-0.2, -0.15) is 0 Å². The van der Waals surface area contributed by atoms with Crippen LogP contribution in [0.3, 0.4) is 0 Å². The van der Waals surface area contributed by atoms with Crippen LogP contribution in [-0.4, -0.2) is 5.97 Å². The molecule has 0 aromatic heterocycles. The summed E-state index contributed by atoms with van der Waals surface area (Å²) in [6.45, 7) is 1.45. The van der Waals surface area contributed by atoms with E-state index in [2.05, 4.69) is 0 Å². The van der Waals surface area contributed by atoms with Gasteiger partial charge in [-0.25, -0.2) is 0 Å². The maximum Gasteiger partial charge on any atom is 0.307 e. The van der Waals surface area contributed by atoms with Gasteiger partial charge in [0.1, 0.15) is 0 Å². The van der Waals surface area contributed by atoms with Crippen molar-refractivity contribution in [3.05, 3.63) is 11.8 Å². The normalized spacial score (nSPS) is 35.9. The van der Waals surface area contributed by atoms with Gasteiger partial charge in [0.25, 0.3) is 0 Å². The van der Waals surface area contributed by atoms with Crippen LogP contribution in [0.4, 0.5) is 0 Å². The van der Waals surface area contributed by atoms with Gasteiger partial charge in [-0.1, -0.05) is 0 Å². The van der Waals surface area contributed by atoms with Gasteiger partial charge in [0.05, 0.1) is 6.26 Å². The Morgan fingerprint density at radius 2 is 2.42 bits per heavy atom.